The Morgan fingerprint density at radius 3 is 2.72 bits per heavy atom. The number of dihydropyridines is 2. The first-order chi connectivity index (χ1) is 15.2. The summed E-state index contributed by atoms with van der Waals surface area (Å²) in [6.07, 6.45) is 3.57. The Kier molecular flexibility index (Phi) is 4.77. The number of nitrogens with zero attached hydrogens (tertiary/aromatic N) is 3. The summed E-state index contributed by atoms with van der Waals surface area (Å²) in [6, 6.07) is 7.20. The van der Waals surface area contributed by atoms with Gasteiger partial charge in [-0.15, -0.1) is 0 Å². The van der Waals surface area contributed by atoms with E-state index in [0.29, 0.717) is 40.9 Å². The van der Waals surface area contributed by atoms with Crippen LogP contribution < -0.4 is 9.96 Å². The van der Waals surface area contributed by atoms with Crippen LogP contribution in [-0.4, -0.2) is 31.5 Å². The molecule has 0 saturated heterocycles. The molecule has 32 heavy (non-hydrogen) atoms. The molecule has 5 rings (SSSR count). The first kappa shape index (κ1) is 20.9. The van der Waals surface area contributed by atoms with Crippen LogP contribution in [0.3, 0.4) is 0 Å². The van der Waals surface area contributed by atoms with Gasteiger partial charge in [0.2, 0.25) is 5.90 Å². The maximum absolute atomic E-state index is 13.5. The fourth-order valence-corrected chi connectivity index (χ4v) is 5.19. The number of hydrogen-bond acceptors (Lipinski definition) is 6. The van der Waals surface area contributed by atoms with E-state index in [1.807, 2.05) is 13.0 Å². The van der Waals surface area contributed by atoms with Gasteiger partial charge in [0, 0.05) is 34.5 Å². The number of hydroxylamine groups is 2. The molecule has 0 radical (unpaired) electrons. The number of nitriles is 1. The van der Waals surface area contributed by atoms with E-state index in [1.54, 1.807) is 12.1 Å². The highest BCUT2D eigenvalue weighted by Gasteiger charge is 2.50. The number of allylic oxidation sites excluding steroid dienone is 1. The SMILES string of the molecule is CC1=C2C(=O)[N+](C)([O-])c3cc(C#N)ccc3C2C2=C(N1)C(C)C(C)N=C2OCC1CCC1. The number of carbonyl (C=O) groups excluding carboxylic acids is 1. The molecule has 4 unspecified atom stereocenters. The molecule has 7 nitrogen and oxygen atoms in total. The number of amides is 1. The van der Waals surface area contributed by atoms with Crippen LogP contribution in [0.1, 0.15) is 57.1 Å². The first-order valence-electron chi connectivity index (χ1n) is 11.3. The summed E-state index contributed by atoms with van der Waals surface area (Å²) in [4.78, 5) is 18.4. The van der Waals surface area contributed by atoms with E-state index in [4.69, 9.17) is 9.73 Å². The Morgan fingerprint density at radius 2 is 2.06 bits per heavy atom. The van der Waals surface area contributed by atoms with Gasteiger partial charge >= 0.3 is 5.91 Å². The van der Waals surface area contributed by atoms with Crippen molar-refractivity contribution in [3.63, 3.8) is 0 Å². The van der Waals surface area contributed by atoms with E-state index < -0.39 is 16.5 Å². The van der Waals surface area contributed by atoms with Gasteiger partial charge < -0.3 is 15.3 Å². The molecule has 1 aliphatic carbocycles. The van der Waals surface area contributed by atoms with Crippen molar-refractivity contribution in [2.24, 2.45) is 16.8 Å². The molecule has 1 saturated carbocycles. The normalized spacial score (nSPS) is 31.6. The lowest BCUT2D eigenvalue weighted by molar-refractivity contribution is -0.124. The van der Waals surface area contributed by atoms with Crippen LogP contribution in [-0.2, 0) is 9.53 Å². The maximum Gasteiger partial charge on any atom is 0.349 e. The van der Waals surface area contributed by atoms with E-state index in [9.17, 15) is 15.3 Å². The summed E-state index contributed by atoms with van der Waals surface area (Å²) in [6.45, 7) is 6.67. The summed E-state index contributed by atoms with van der Waals surface area (Å²) < 4.78 is 5.12. The zero-order valence-electron chi connectivity index (χ0n) is 18.9. The number of rotatable bonds is 2. The predicted molar refractivity (Wildman–Crippen MR) is 122 cm³/mol. The average Bonchev–Trinajstić information content (AvgIpc) is 2.73. The van der Waals surface area contributed by atoms with Crippen molar-refractivity contribution in [2.75, 3.05) is 13.7 Å². The Hall–Kier alpha value is -2.95. The fraction of sp³-hybridized carbons (Fsp3) is 0.480. The lowest BCUT2D eigenvalue weighted by atomic mass is 9.73. The van der Waals surface area contributed by atoms with Crippen molar-refractivity contribution in [2.45, 2.75) is 52.0 Å². The summed E-state index contributed by atoms with van der Waals surface area (Å²) in [5.41, 5.74) is 4.44. The first-order valence-corrected chi connectivity index (χ1v) is 11.3. The van der Waals surface area contributed by atoms with Crippen molar-refractivity contribution >= 4 is 17.5 Å². The van der Waals surface area contributed by atoms with Crippen LogP contribution in [0.2, 0.25) is 0 Å². The van der Waals surface area contributed by atoms with Crippen LogP contribution in [0.5, 0.6) is 0 Å². The number of hydrogen-bond donors (Lipinski definition) is 1. The van der Waals surface area contributed by atoms with E-state index in [2.05, 4.69) is 25.2 Å². The lowest BCUT2D eigenvalue weighted by Gasteiger charge is -2.47. The molecule has 1 aromatic carbocycles. The van der Waals surface area contributed by atoms with Gasteiger partial charge in [0.05, 0.1) is 42.8 Å². The second-order valence-electron chi connectivity index (χ2n) is 9.61. The van der Waals surface area contributed by atoms with Crippen molar-refractivity contribution in [1.82, 2.24) is 9.96 Å². The minimum atomic E-state index is -1.17. The number of carbonyl (C=O) groups is 1. The van der Waals surface area contributed by atoms with Crippen molar-refractivity contribution < 1.29 is 9.53 Å². The smallest absolute Gasteiger partial charge is 0.349 e. The Morgan fingerprint density at radius 1 is 1.31 bits per heavy atom. The van der Waals surface area contributed by atoms with Gasteiger partial charge in [0.15, 0.2) is 0 Å². The number of nitrogens with one attached hydrogen (secondary N) is 1. The zero-order valence-corrected chi connectivity index (χ0v) is 18.9. The molecule has 7 heteroatoms. The van der Waals surface area contributed by atoms with E-state index in [0.717, 1.165) is 16.8 Å². The largest absolute Gasteiger partial charge is 0.620 e. The lowest BCUT2D eigenvalue weighted by Crippen LogP contribution is -2.53. The Labute approximate surface area is 188 Å². The van der Waals surface area contributed by atoms with Gasteiger partial charge in [0.25, 0.3) is 0 Å². The highest BCUT2D eigenvalue weighted by Crippen LogP contribution is 2.51. The van der Waals surface area contributed by atoms with Crippen LogP contribution in [0.25, 0.3) is 0 Å². The quantitative estimate of drug-likeness (QED) is 0.563. The molecule has 3 heterocycles. The molecule has 3 aliphatic heterocycles. The molecule has 0 spiro atoms. The molecule has 1 N–H and O–H groups in total. The van der Waals surface area contributed by atoms with Gasteiger partial charge in [-0.25, -0.2) is 9.79 Å². The third-order valence-corrected chi connectivity index (χ3v) is 7.55. The molecule has 1 fully saturated rings. The van der Waals surface area contributed by atoms with Crippen molar-refractivity contribution in [3.8, 4) is 6.07 Å². The monoisotopic (exact) mass is 432 g/mol. The predicted octanol–water partition coefficient (Wildman–Crippen LogP) is 4.00. The molecule has 0 aromatic heterocycles. The van der Waals surface area contributed by atoms with Gasteiger partial charge in [0.1, 0.15) is 5.69 Å². The van der Waals surface area contributed by atoms with E-state index >= 15 is 0 Å². The van der Waals surface area contributed by atoms with E-state index in [-0.39, 0.29) is 12.0 Å². The third kappa shape index (κ3) is 2.94. The summed E-state index contributed by atoms with van der Waals surface area (Å²) >= 11 is 0. The molecule has 4 aliphatic rings. The molecular formula is C25H28N4O3. The summed E-state index contributed by atoms with van der Waals surface area (Å²) in [5, 5.41) is 26.3. The number of fused-ring (bicyclic) bond motifs is 4. The Bertz CT molecular complexity index is 1150. The van der Waals surface area contributed by atoms with Gasteiger partial charge in [-0.3, -0.25) is 4.65 Å². The number of quaternary nitrogens is 1. The fourth-order valence-electron chi connectivity index (χ4n) is 5.19. The van der Waals surface area contributed by atoms with Gasteiger partial charge in [-0.05, 0) is 38.7 Å². The van der Waals surface area contributed by atoms with Gasteiger partial charge in [-0.2, -0.15) is 5.26 Å². The van der Waals surface area contributed by atoms with E-state index in [1.165, 1.54) is 26.3 Å². The second kappa shape index (κ2) is 7.29. The molecule has 1 aromatic rings. The minimum Gasteiger partial charge on any atom is -0.620 e. The number of ether oxygens (including phenoxy) is 1. The molecule has 1 amide bonds. The van der Waals surface area contributed by atoms with Crippen LogP contribution in [0.15, 0.2) is 45.7 Å². The summed E-state index contributed by atoms with van der Waals surface area (Å²) in [5.74, 6) is 0.287. The molecular weight excluding hydrogens is 404 g/mol. The van der Waals surface area contributed by atoms with Gasteiger partial charge in [-0.1, -0.05) is 19.4 Å². The summed E-state index contributed by atoms with van der Waals surface area (Å²) in [7, 11) is 1.34. The zero-order chi connectivity index (χ0) is 22.8. The number of benzene rings is 1. The number of likely N-dealkylation sites (N-methyl/N-ethyl adjacent to an activating group) is 1. The van der Waals surface area contributed by atoms with Crippen LogP contribution in [0, 0.1) is 28.4 Å². The topological polar surface area (TPSA) is 97.5 Å². The van der Waals surface area contributed by atoms with Crippen LogP contribution in [0.4, 0.5) is 5.69 Å². The third-order valence-electron chi connectivity index (χ3n) is 7.55. The standard InChI is InChI=1S/C25H28N4O3/c1-13-14(2)28-24(32-12-16-6-5-7-16)22-21-18-9-8-17(11-26)10-19(18)29(4,31)25(30)20(21)15(3)27-23(13)22/h8-10,13-14,16,21,27H,5-7,12H2,1-4H3. The minimum absolute atomic E-state index is 0.0345. The second-order valence-corrected chi connectivity index (χ2v) is 9.61. The van der Waals surface area contributed by atoms with Crippen molar-refractivity contribution in [3.05, 3.63) is 57.1 Å². The maximum atomic E-state index is 13.5. The molecule has 166 valence electrons. The van der Waals surface area contributed by atoms with Crippen molar-refractivity contribution in [1.29, 1.82) is 5.26 Å². The molecule has 0 bridgehead atoms. The average molecular weight is 433 g/mol. The Balaban J connectivity index is 1.69. The van der Waals surface area contributed by atoms with Crippen LogP contribution >= 0.6 is 0 Å². The highest BCUT2D eigenvalue weighted by atomic mass is 16.6. The number of aliphatic imine (C=N–C) groups is 1. The highest BCUT2D eigenvalue weighted by molar-refractivity contribution is 6.11. The molecule has 4 atom stereocenters.